The van der Waals surface area contributed by atoms with Gasteiger partial charge in [-0.1, -0.05) is 12.1 Å². The number of nitrogens with zero attached hydrogens (tertiary/aromatic N) is 3. The highest BCUT2D eigenvalue weighted by Gasteiger charge is 2.17. The van der Waals surface area contributed by atoms with Crippen LogP contribution in [0.4, 0.5) is 0 Å². The predicted octanol–water partition coefficient (Wildman–Crippen LogP) is 4.31. The molecular weight excluding hydrogens is 412 g/mol. The van der Waals surface area contributed by atoms with E-state index in [0.717, 1.165) is 47.0 Å². The van der Waals surface area contributed by atoms with Crippen molar-refractivity contribution in [3.05, 3.63) is 46.5 Å². The second kappa shape index (κ2) is 7.86. The molecule has 6 nitrogen and oxygen atoms in total. The molecule has 0 fully saturated rings. The van der Waals surface area contributed by atoms with Crippen LogP contribution < -0.4 is 10.5 Å². The molecule has 0 radical (unpaired) electrons. The summed E-state index contributed by atoms with van der Waals surface area (Å²) in [6.07, 6.45) is 1.78. The maximum Gasteiger partial charge on any atom is 0.222 e. The molecule has 0 bridgehead atoms. The van der Waals surface area contributed by atoms with Crippen LogP contribution in [-0.4, -0.2) is 28.0 Å². The molecule has 142 valence electrons. The number of ether oxygens (including phenoxy) is 1. The van der Waals surface area contributed by atoms with Gasteiger partial charge in [0, 0.05) is 15.8 Å². The zero-order valence-electron chi connectivity index (χ0n) is 15.1. The Kier molecular flexibility index (Phi) is 5.29. The predicted molar refractivity (Wildman–Crippen MR) is 113 cm³/mol. The highest BCUT2D eigenvalue weighted by Crippen LogP contribution is 2.41. The van der Waals surface area contributed by atoms with E-state index in [9.17, 15) is 4.79 Å². The zero-order chi connectivity index (χ0) is 19.7. The summed E-state index contributed by atoms with van der Waals surface area (Å²) in [7, 11) is 1.65. The number of carbonyl (C=O) groups excluding carboxylic acids is 1. The Bertz CT molecular complexity index is 1150. The van der Waals surface area contributed by atoms with Crippen LogP contribution >= 0.6 is 34.4 Å². The van der Waals surface area contributed by atoms with Crippen LogP contribution in [0.2, 0.25) is 0 Å². The molecule has 0 spiro atoms. The molecule has 0 aliphatic rings. The maximum absolute atomic E-state index is 11.2. The topological polar surface area (TPSA) is 91.0 Å². The molecule has 1 aromatic carbocycles. The van der Waals surface area contributed by atoms with E-state index in [1.807, 2.05) is 31.2 Å². The number of aromatic nitrogens is 3. The number of thiazole rings is 1. The van der Waals surface area contributed by atoms with E-state index in [4.69, 9.17) is 10.5 Å². The van der Waals surface area contributed by atoms with E-state index >= 15 is 0 Å². The highest BCUT2D eigenvalue weighted by molar-refractivity contribution is 8.01. The molecule has 3 aromatic heterocycles. The fourth-order valence-corrected chi connectivity index (χ4v) is 6.00. The van der Waals surface area contributed by atoms with Crippen molar-refractivity contribution in [2.45, 2.75) is 22.7 Å². The second-order valence-corrected chi connectivity index (χ2v) is 9.15. The van der Waals surface area contributed by atoms with Crippen molar-refractivity contribution in [2.24, 2.45) is 5.73 Å². The lowest BCUT2D eigenvalue weighted by Crippen LogP contribution is -2.13. The molecule has 9 heteroatoms. The van der Waals surface area contributed by atoms with Gasteiger partial charge in [0.15, 0.2) is 4.34 Å². The summed E-state index contributed by atoms with van der Waals surface area (Å²) in [5.41, 5.74) is 8.31. The van der Waals surface area contributed by atoms with Crippen LogP contribution in [0.3, 0.4) is 0 Å². The first-order valence-electron chi connectivity index (χ1n) is 8.34. The Hall–Kier alpha value is -2.49. The molecule has 0 aliphatic heterocycles. The molecule has 1 amide bonds. The lowest BCUT2D eigenvalue weighted by atomic mass is 10.1. The smallest absolute Gasteiger partial charge is 0.222 e. The van der Waals surface area contributed by atoms with Gasteiger partial charge < -0.3 is 10.5 Å². The first kappa shape index (κ1) is 18.9. The largest absolute Gasteiger partial charge is 0.497 e. The molecule has 0 saturated carbocycles. The van der Waals surface area contributed by atoms with Crippen molar-refractivity contribution in [2.75, 3.05) is 7.11 Å². The SMILES string of the molecule is COc1ccc(-c2csc3ncnc(Sc4nc(C)c(CC(N)=O)s4)c23)cc1. The lowest BCUT2D eigenvalue weighted by Gasteiger charge is -2.05. The van der Waals surface area contributed by atoms with Gasteiger partial charge in [-0.2, -0.15) is 0 Å². The number of primary amides is 1. The van der Waals surface area contributed by atoms with Gasteiger partial charge >= 0.3 is 0 Å². The van der Waals surface area contributed by atoms with Gasteiger partial charge in [0.2, 0.25) is 5.91 Å². The second-order valence-electron chi connectivity index (χ2n) is 5.97. The molecule has 0 saturated heterocycles. The number of hydrogen-bond donors (Lipinski definition) is 1. The van der Waals surface area contributed by atoms with Crippen molar-refractivity contribution in [3.63, 3.8) is 0 Å². The number of fused-ring (bicyclic) bond motifs is 1. The number of nitrogens with two attached hydrogens (primary N) is 1. The number of amides is 1. The van der Waals surface area contributed by atoms with Crippen LogP contribution in [0.5, 0.6) is 5.75 Å². The molecule has 4 aromatic rings. The molecule has 28 heavy (non-hydrogen) atoms. The molecule has 0 unspecified atom stereocenters. The van der Waals surface area contributed by atoms with Crippen LogP contribution in [0, 0.1) is 6.92 Å². The number of rotatable bonds is 6. The molecule has 2 N–H and O–H groups in total. The van der Waals surface area contributed by atoms with E-state index in [0.29, 0.717) is 0 Å². The van der Waals surface area contributed by atoms with Crippen LogP contribution in [0.15, 0.2) is 45.3 Å². The first-order valence-corrected chi connectivity index (χ1v) is 10.9. The number of hydrogen-bond acceptors (Lipinski definition) is 8. The number of methoxy groups -OCH3 is 1. The molecular formula is C19H16N4O2S3. The summed E-state index contributed by atoms with van der Waals surface area (Å²) in [6, 6.07) is 7.94. The molecule has 0 aliphatic carbocycles. The standard InChI is InChI=1S/C19H16N4O2S3/c1-10-14(7-15(20)24)27-19(23-10)28-18-16-13(8-26-17(16)21-9-22-18)11-3-5-12(25-2)6-4-11/h3-6,8-9H,7H2,1-2H3,(H2,20,24). The van der Waals surface area contributed by atoms with Gasteiger partial charge in [-0.25, -0.2) is 15.0 Å². The van der Waals surface area contributed by atoms with Crippen molar-refractivity contribution < 1.29 is 9.53 Å². The van der Waals surface area contributed by atoms with E-state index in [1.54, 1.807) is 24.8 Å². The van der Waals surface area contributed by atoms with E-state index in [1.165, 1.54) is 23.1 Å². The fraction of sp³-hybridized carbons (Fsp3) is 0.158. The minimum absolute atomic E-state index is 0.207. The van der Waals surface area contributed by atoms with Gasteiger partial charge in [0.05, 0.1) is 24.6 Å². The summed E-state index contributed by atoms with van der Waals surface area (Å²) >= 11 is 4.55. The van der Waals surface area contributed by atoms with Crippen molar-refractivity contribution >= 4 is 50.6 Å². The Balaban J connectivity index is 1.73. The molecule has 4 rings (SSSR count). The quantitative estimate of drug-likeness (QED) is 0.460. The van der Waals surface area contributed by atoms with Crippen LogP contribution in [0.25, 0.3) is 21.3 Å². The van der Waals surface area contributed by atoms with E-state index < -0.39 is 0 Å². The van der Waals surface area contributed by atoms with E-state index in [2.05, 4.69) is 20.3 Å². The van der Waals surface area contributed by atoms with E-state index in [-0.39, 0.29) is 12.3 Å². The normalized spacial score (nSPS) is 11.1. The first-order chi connectivity index (χ1) is 13.5. The summed E-state index contributed by atoms with van der Waals surface area (Å²) in [5.74, 6) is 0.460. The summed E-state index contributed by atoms with van der Waals surface area (Å²) in [4.78, 5) is 26.6. The van der Waals surface area contributed by atoms with Gasteiger partial charge in [-0.05, 0) is 36.4 Å². The Morgan fingerprint density at radius 2 is 2.04 bits per heavy atom. The molecule has 0 atom stereocenters. The van der Waals surface area contributed by atoms with Crippen molar-refractivity contribution in [3.8, 4) is 16.9 Å². The summed E-state index contributed by atoms with van der Waals surface area (Å²) in [6.45, 7) is 1.89. The van der Waals surface area contributed by atoms with Gasteiger partial charge in [-0.15, -0.1) is 22.7 Å². The van der Waals surface area contributed by atoms with Crippen LogP contribution in [-0.2, 0) is 11.2 Å². The minimum atomic E-state index is -0.354. The Morgan fingerprint density at radius 3 is 2.75 bits per heavy atom. The number of aryl methyl sites for hydroxylation is 1. The third-order valence-corrected chi connectivity index (χ3v) is 7.24. The summed E-state index contributed by atoms with van der Waals surface area (Å²) in [5, 5.41) is 3.94. The summed E-state index contributed by atoms with van der Waals surface area (Å²) < 4.78 is 6.09. The lowest BCUT2D eigenvalue weighted by molar-refractivity contribution is -0.117. The monoisotopic (exact) mass is 428 g/mol. The van der Waals surface area contributed by atoms with Gasteiger partial charge in [-0.3, -0.25) is 4.79 Å². The average molecular weight is 429 g/mol. The number of carbonyl (C=O) groups is 1. The minimum Gasteiger partial charge on any atom is -0.497 e. The molecule has 3 heterocycles. The average Bonchev–Trinajstić information content (AvgIpc) is 3.26. The number of benzene rings is 1. The van der Waals surface area contributed by atoms with Crippen molar-refractivity contribution in [1.29, 1.82) is 0 Å². The Morgan fingerprint density at radius 1 is 1.25 bits per heavy atom. The zero-order valence-corrected chi connectivity index (χ0v) is 17.6. The number of thiophene rings is 1. The van der Waals surface area contributed by atoms with Crippen LogP contribution in [0.1, 0.15) is 10.6 Å². The third kappa shape index (κ3) is 3.73. The third-order valence-electron chi connectivity index (χ3n) is 4.13. The maximum atomic E-state index is 11.2. The highest BCUT2D eigenvalue weighted by atomic mass is 32.2. The van der Waals surface area contributed by atoms with Gasteiger partial charge in [0.1, 0.15) is 21.9 Å². The fourth-order valence-electron chi connectivity index (χ4n) is 2.76. The van der Waals surface area contributed by atoms with Gasteiger partial charge in [0.25, 0.3) is 0 Å². The Labute approximate surface area is 173 Å². The van der Waals surface area contributed by atoms with Crippen molar-refractivity contribution in [1.82, 2.24) is 15.0 Å².